The Morgan fingerprint density at radius 1 is 1.03 bits per heavy atom. The number of carboxylic acids is 1. The Balaban J connectivity index is 1.17. The lowest BCUT2D eigenvalue weighted by atomic mass is 9.98. The largest absolute Gasteiger partial charge is 0.481 e. The molecule has 2 atom stereocenters. The van der Waals surface area contributed by atoms with Crippen LogP contribution in [0, 0.1) is 5.92 Å². The number of amides is 2. The summed E-state index contributed by atoms with van der Waals surface area (Å²) in [6.07, 6.45) is 0.947. The van der Waals surface area contributed by atoms with Crippen molar-refractivity contribution in [1.29, 1.82) is 0 Å². The quantitative estimate of drug-likeness (QED) is 0.482. The summed E-state index contributed by atoms with van der Waals surface area (Å²) in [4.78, 5) is 40.1. The number of hydrogen-bond acceptors (Lipinski definition) is 6. The van der Waals surface area contributed by atoms with Crippen LogP contribution in [0.1, 0.15) is 46.8 Å². The van der Waals surface area contributed by atoms with Gasteiger partial charge < -0.3 is 15.2 Å². The molecule has 0 saturated heterocycles. The lowest BCUT2D eigenvalue weighted by Gasteiger charge is -2.14. The van der Waals surface area contributed by atoms with Crippen LogP contribution >= 0.6 is 11.3 Å². The first kappa shape index (κ1) is 22.1. The first-order valence-corrected chi connectivity index (χ1v) is 12.0. The lowest BCUT2D eigenvalue weighted by Crippen LogP contribution is -2.33. The Bertz CT molecular complexity index is 1210. The highest BCUT2D eigenvalue weighted by Gasteiger charge is 2.31. The molecule has 0 bridgehead atoms. The maximum Gasteiger partial charge on any atom is 0.413 e. The number of carbonyl (C=O) groups excluding carboxylic acids is 2. The van der Waals surface area contributed by atoms with E-state index < -0.39 is 18.0 Å². The van der Waals surface area contributed by atoms with Gasteiger partial charge in [-0.15, -0.1) is 11.3 Å². The number of benzene rings is 2. The van der Waals surface area contributed by atoms with Gasteiger partial charge in [-0.05, 0) is 41.5 Å². The molecule has 2 aliphatic carbocycles. The van der Waals surface area contributed by atoms with Gasteiger partial charge >= 0.3 is 12.1 Å². The van der Waals surface area contributed by atoms with Crippen molar-refractivity contribution in [1.82, 2.24) is 10.3 Å². The summed E-state index contributed by atoms with van der Waals surface area (Å²) < 4.78 is 5.52. The molecule has 0 spiro atoms. The second-order valence-corrected chi connectivity index (χ2v) is 9.37. The van der Waals surface area contributed by atoms with E-state index in [2.05, 4.69) is 39.9 Å². The lowest BCUT2D eigenvalue weighted by molar-refractivity contribution is -0.141. The van der Waals surface area contributed by atoms with E-state index in [-0.39, 0.29) is 35.3 Å². The van der Waals surface area contributed by atoms with Crippen LogP contribution in [0.4, 0.5) is 9.93 Å². The summed E-state index contributed by atoms with van der Waals surface area (Å²) in [6, 6.07) is 16.0. The number of hydrogen-bond donors (Lipinski definition) is 3. The van der Waals surface area contributed by atoms with Gasteiger partial charge in [0.25, 0.3) is 5.91 Å². The zero-order valence-corrected chi connectivity index (χ0v) is 19.0. The molecule has 0 radical (unpaired) electrons. The van der Waals surface area contributed by atoms with Crippen molar-refractivity contribution in [2.45, 2.75) is 31.2 Å². The van der Waals surface area contributed by atoms with Crippen LogP contribution in [-0.4, -0.2) is 40.7 Å². The molecule has 8 nitrogen and oxygen atoms in total. The Morgan fingerprint density at radius 2 is 1.71 bits per heavy atom. The predicted molar refractivity (Wildman–Crippen MR) is 127 cm³/mol. The summed E-state index contributed by atoms with van der Waals surface area (Å²) in [5, 5.41) is 16.3. The van der Waals surface area contributed by atoms with Crippen molar-refractivity contribution in [2.24, 2.45) is 5.92 Å². The van der Waals surface area contributed by atoms with Gasteiger partial charge in [-0.2, -0.15) is 0 Å². The van der Waals surface area contributed by atoms with Crippen molar-refractivity contribution < 1.29 is 24.2 Å². The van der Waals surface area contributed by atoms with E-state index in [0.29, 0.717) is 19.3 Å². The van der Waals surface area contributed by atoms with Gasteiger partial charge in [0.15, 0.2) is 5.13 Å². The number of ether oxygens (including phenoxy) is 1. The van der Waals surface area contributed by atoms with Crippen LogP contribution in [0.15, 0.2) is 53.9 Å². The number of rotatable bonds is 6. The SMILES string of the molecule is O=C(Nc1nc(C(=O)NC2CCC(C(=O)O)C2)cs1)OCC1c2ccccc2-c2ccccc21. The minimum atomic E-state index is -0.833. The van der Waals surface area contributed by atoms with Gasteiger partial charge in [0.2, 0.25) is 0 Å². The smallest absolute Gasteiger partial charge is 0.413 e. The highest BCUT2D eigenvalue weighted by Crippen LogP contribution is 2.44. The molecule has 2 amide bonds. The topological polar surface area (TPSA) is 118 Å². The molecule has 9 heteroatoms. The Kier molecular flexibility index (Phi) is 6.02. The molecule has 1 heterocycles. The van der Waals surface area contributed by atoms with Gasteiger partial charge in [-0.1, -0.05) is 48.5 Å². The predicted octanol–water partition coefficient (Wildman–Crippen LogP) is 4.49. The average Bonchev–Trinajstić information content (AvgIpc) is 3.56. The van der Waals surface area contributed by atoms with E-state index in [1.54, 1.807) is 5.38 Å². The summed E-state index contributed by atoms with van der Waals surface area (Å²) in [7, 11) is 0. The van der Waals surface area contributed by atoms with Gasteiger partial charge in [-0.3, -0.25) is 14.9 Å². The number of carbonyl (C=O) groups is 3. The minimum Gasteiger partial charge on any atom is -0.481 e. The van der Waals surface area contributed by atoms with Crippen LogP contribution in [0.25, 0.3) is 11.1 Å². The van der Waals surface area contributed by atoms with E-state index in [1.807, 2.05) is 24.3 Å². The van der Waals surface area contributed by atoms with E-state index in [4.69, 9.17) is 9.84 Å². The third-order valence-corrected chi connectivity index (χ3v) is 7.16. The van der Waals surface area contributed by atoms with Gasteiger partial charge in [0, 0.05) is 17.3 Å². The Labute approximate surface area is 200 Å². The van der Waals surface area contributed by atoms with Gasteiger partial charge in [0.1, 0.15) is 12.3 Å². The van der Waals surface area contributed by atoms with E-state index >= 15 is 0 Å². The highest BCUT2D eigenvalue weighted by molar-refractivity contribution is 7.14. The molecule has 174 valence electrons. The van der Waals surface area contributed by atoms with Gasteiger partial charge in [-0.25, -0.2) is 9.78 Å². The maximum absolute atomic E-state index is 12.5. The number of nitrogens with one attached hydrogen (secondary N) is 2. The second kappa shape index (κ2) is 9.26. The Hall–Kier alpha value is -3.72. The molecule has 5 rings (SSSR count). The fourth-order valence-electron chi connectivity index (χ4n) is 4.75. The minimum absolute atomic E-state index is 0.0446. The van der Waals surface area contributed by atoms with Crippen molar-refractivity contribution in [2.75, 3.05) is 11.9 Å². The summed E-state index contributed by atoms with van der Waals surface area (Å²) in [6.45, 7) is 0.186. The first-order chi connectivity index (χ1) is 16.5. The molecule has 1 saturated carbocycles. The third-order valence-electron chi connectivity index (χ3n) is 6.41. The Morgan fingerprint density at radius 3 is 2.35 bits per heavy atom. The zero-order valence-electron chi connectivity index (χ0n) is 18.2. The van der Waals surface area contributed by atoms with Crippen LogP contribution in [0.2, 0.25) is 0 Å². The number of anilines is 1. The summed E-state index contributed by atoms with van der Waals surface area (Å²) in [5.74, 6) is -1.68. The summed E-state index contributed by atoms with van der Waals surface area (Å²) >= 11 is 1.13. The maximum atomic E-state index is 12.5. The van der Waals surface area contributed by atoms with E-state index in [0.717, 1.165) is 33.6 Å². The number of carboxylic acid groups (broad SMARTS) is 1. The normalized spacial score (nSPS) is 18.7. The number of fused-ring (bicyclic) bond motifs is 3. The van der Waals surface area contributed by atoms with Crippen molar-refractivity contribution >= 4 is 34.4 Å². The first-order valence-electron chi connectivity index (χ1n) is 11.1. The second-order valence-electron chi connectivity index (χ2n) is 8.51. The number of aromatic nitrogens is 1. The fraction of sp³-hybridized carbons (Fsp3) is 0.280. The van der Waals surface area contributed by atoms with Gasteiger partial charge in [0.05, 0.1) is 5.92 Å². The number of aliphatic carboxylic acids is 1. The molecule has 1 fully saturated rings. The van der Waals surface area contributed by atoms with Crippen LogP contribution in [0.5, 0.6) is 0 Å². The highest BCUT2D eigenvalue weighted by atomic mass is 32.1. The molecule has 2 aromatic carbocycles. The van der Waals surface area contributed by atoms with Crippen molar-refractivity contribution in [3.8, 4) is 11.1 Å². The molecule has 0 aliphatic heterocycles. The molecular weight excluding hydrogens is 454 g/mol. The molecule has 3 N–H and O–H groups in total. The summed E-state index contributed by atoms with van der Waals surface area (Å²) in [5.41, 5.74) is 4.74. The monoisotopic (exact) mass is 477 g/mol. The number of thiazole rings is 1. The van der Waals surface area contributed by atoms with Crippen molar-refractivity contribution in [3.63, 3.8) is 0 Å². The van der Waals surface area contributed by atoms with Crippen LogP contribution in [-0.2, 0) is 9.53 Å². The fourth-order valence-corrected chi connectivity index (χ4v) is 5.43. The van der Waals surface area contributed by atoms with Crippen LogP contribution < -0.4 is 10.6 Å². The standard InChI is InChI=1S/C25H23N3O5S/c29-22(26-15-10-9-14(11-15)23(30)31)21-13-34-24(27-21)28-25(32)33-12-20-18-7-3-1-5-16(18)17-6-2-4-8-19(17)20/h1-8,13-15,20H,9-12H2,(H,26,29)(H,30,31)(H,27,28,32). The molecule has 3 aromatic rings. The molecule has 1 aromatic heterocycles. The zero-order chi connectivity index (χ0) is 23.7. The van der Waals surface area contributed by atoms with E-state index in [1.165, 1.54) is 0 Å². The van der Waals surface area contributed by atoms with Crippen LogP contribution in [0.3, 0.4) is 0 Å². The molecular formula is C25H23N3O5S. The third kappa shape index (κ3) is 4.38. The molecule has 2 aliphatic rings. The van der Waals surface area contributed by atoms with E-state index in [9.17, 15) is 14.4 Å². The van der Waals surface area contributed by atoms with Crippen molar-refractivity contribution in [3.05, 3.63) is 70.7 Å². The average molecular weight is 478 g/mol. The molecule has 2 unspecified atom stereocenters. The number of nitrogens with zero attached hydrogens (tertiary/aromatic N) is 1. The molecule has 34 heavy (non-hydrogen) atoms.